The van der Waals surface area contributed by atoms with Crippen LogP contribution in [0.4, 0.5) is 0 Å². The van der Waals surface area contributed by atoms with E-state index in [1.165, 1.54) is 25.7 Å². The third-order valence-electron chi connectivity index (χ3n) is 7.18. The van der Waals surface area contributed by atoms with Crippen LogP contribution in [0.5, 0.6) is 0 Å². The Morgan fingerprint density at radius 2 is 1.44 bits per heavy atom. The Hall–Kier alpha value is -0.610. The van der Waals surface area contributed by atoms with Gasteiger partial charge in [0.1, 0.15) is 0 Å². The Morgan fingerprint density at radius 1 is 0.897 bits per heavy atom. The summed E-state index contributed by atoms with van der Waals surface area (Å²) in [5, 5.41) is 17.8. The van der Waals surface area contributed by atoms with Crippen molar-refractivity contribution < 1.29 is 15.0 Å². The van der Waals surface area contributed by atoms with Crippen molar-refractivity contribution in [2.24, 2.45) is 40.9 Å². The van der Waals surface area contributed by atoms with E-state index in [0.29, 0.717) is 25.0 Å². The van der Waals surface area contributed by atoms with Gasteiger partial charge in [0.15, 0.2) is 0 Å². The predicted octanol–water partition coefficient (Wildman–Crippen LogP) is 10.1. The maximum absolute atomic E-state index is 11.0. The van der Waals surface area contributed by atoms with Gasteiger partial charge in [0.05, 0.1) is 0 Å². The molecular weight excluding hydrogens is 482 g/mol. The van der Waals surface area contributed by atoms with Crippen LogP contribution < -0.4 is 0 Å². The summed E-state index contributed by atoms with van der Waals surface area (Å²) in [4.78, 5) is 13.0. The first-order valence-electron chi connectivity index (χ1n) is 15.6. The highest BCUT2D eigenvalue weighted by atomic mass is 16.3. The molecule has 0 saturated carbocycles. The van der Waals surface area contributed by atoms with Crippen molar-refractivity contribution in [2.45, 2.75) is 156 Å². The lowest BCUT2D eigenvalue weighted by Crippen LogP contribution is -2.25. The maximum Gasteiger partial charge on any atom is 0.219 e. The molecule has 0 aromatic rings. The van der Waals surface area contributed by atoms with E-state index in [1.54, 1.807) is 6.92 Å². The number of amides is 1. The minimum atomic E-state index is 0. The highest BCUT2D eigenvalue weighted by Gasteiger charge is 2.24. The SMILES string of the molecule is C.C.CC(=O)N1CCC(CC(C)C)C1.CCC(C)(CO)CC(C)C.CCC(CO)CC(C)C.CCCC(C)C. The minimum Gasteiger partial charge on any atom is -0.396 e. The molecule has 1 rings (SSSR count). The van der Waals surface area contributed by atoms with Gasteiger partial charge in [-0.15, -0.1) is 0 Å². The Kier molecular flexibility index (Phi) is 35.7. The van der Waals surface area contributed by atoms with E-state index in [4.69, 9.17) is 10.2 Å². The van der Waals surface area contributed by atoms with Gasteiger partial charge in [-0.2, -0.15) is 0 Å². The highest BCUT2D eigenvalue weighted by Crippen LogP contribution is 2.28. The van der Waals surface area contributed by atoms with Gasteiger partial charge in [-0.25, -0.2) is 0 Å². The first kappa shape index (κ1) is 48.1. The first-order chi connectivity index (χ1) is 17.1. The Bertz CT molecular complexity index is 494. The predicted molar refractivity (Wildman–Crippen MR) is 178 cm³/mol. The van der Waals surface area contributed by atoms with Crippen LogP contribution in [0.3, 0.4) is 0 Å². The van der Waals surface area contributed by atoms with Crippen LogP contribution in [-0.2, 0) is 4.79 Å². The summed E-state index contributed by atoms with van der Waals surface area (Å²) >= 11 is 0. The maximum atomic E-state index is 11.0. The van der Waals surface area contributed by atoms with Crippen molar-refractivity contribution >= 4 is 5.91 Å². The summed E-state index contributed by atoms with van der Waals surface area (Å²) in [6.07, 6.45) is 9.64. The smallest absolute Gasteiger partial charge is 0.219 e. The summed E-state index contributed by atoms with van der Waals surface area (Å²) in [7, 11) is 0. The average Bonchev–Trinajstić information content (AvgIpc) is 3.26. The topological polar surface area (TPSA) is 60.8 Å². The molecule has 0 bridgehead atoms. The van der Waals surface area contributed by atoms with Gasteiger partial charge in [-0.3, -0.25) is 4.79 Å². The molecule has 3 unspecified atom stereocenters. The van der Waals surface area contributed by atoms with Crippen molar-refractivity contribution in [3.05, 3.63) is 0 Å². The zero-order valence-electron chi connectivity index (χ0n) is 27.7. The number of hydrogen-bond donors (Lipinski definition) is 2. The van der Waals surface area contributed by atoms with E-state index in [2.05, 4.69) is 83.1 Å². The quantitative estimate of drug-likeness (QED) is 0.249. The molecule has 2 N–H and O–H groups in total. The summed E-state index contributed by atoms with van der Waals surface area (Å²) in [5.41, 5.74) is 0.161. The van der Waals surface area contributed by atoms with Crippen molar-refractivity contribution in [1.82, 2.24) is 4.90 Å². The minimum absolute atomic E-state index is 0. The highest BCUT2D eigenvalue weighted by molar-refractivity contribution is 5.73. The number of carbonyl (C=O) groups is 1. The second kappa shape index (κ2) is 28.9. The zero-order chi connectivity index (χ0) is 29.6. The van der Waals surface area contributed by atoms with Crippen LogP contribution in [0.2, 0.25) is 0 Å². The van der Waals surface area contributed by atoms with Gasteiger partial charge in [-0.1, -0.05) is 117 Å². The number of carbonyl (C=O) groups excluding carboxylic acids is 1. The van der Waals surface area contributed by atoms with Crippen molar-refractivity contribution in [2.75, 3.05) is 26.3 Å². The van der Waals surface area contributed by atoms with Crippen molar-refractivity contribution in [3.8, 4) is 0 Å². The molecular formula is C35H79NO3. The summed E-state index contributed by atoms with van der Waals surface area (Å²) in [6, 6.07) is 0. The molecule has 242 valence electrons. The standard InChI is InChI=1S/C10H19NO.C9H20O.C8H18O.C6H14.2CH4/c1-8(2)6-10-4-5-11(7-10)9(3)12;1-5-9(4,7-10)6-8(2)3;1-4-8(6-9)5-7(2)3;1-4-5-6(2)3;;/h8,10H,4-7H2,1-3H3;8,10H,5-7H2,1-4H3;7-9H,4-6H2,1-3H3;6H,4-5H2,1-3H3;2*1H4. The van der Waals surface area contributed by atoms with E-state index < -0.39 is 0 Å². The van der Waals surface area contributed by atoms with Gasteiger partial charge in [0.2, 0.25) is 5.91 Å². The van der Waals surface area contributed by atoms with Crippen molar-refractivity contribution in [3.63, 3.8) is 0 Å². The average molecular weight is 562 g/mol. The lowest BCUT2D eigenvalue weighted by molar-refractivity contribution is -0.127. The van der Waals surface area contributed by atoms with Crippen LogP contribution in [0.1, 0.15) is 156 Å². The Morgan fingerprint density at radius 3 is 1.62 bits per heavy atom. The molecule has 0 aliphatic carbocycles. The summed E-state index contributed by atoms with van der Waals surface area (Å²) in [5.74, 6) is 4.61. The lowest BCUT2D eigenvalue weighted by atomic mass is 9.81. The fourth-order valence-electron chi connectivity index (χ4n) is 4.90. The molecule has 1 heterocycles. The van der Waals surface area contributed by atoms with Crippen LogP contribution in [0.15, 0.2) is 0 Å². The third kappa shape index (κ3) is 31.8. The molecule has 0 radical (unpaired) electrons. The van der Waals surface area contributed by atoms with Gasteiger partial charge >= 0.3 is 0 Å². The first-order valence-corrected chi connectivity index (χ1v) is 15.6. The van der Waals surface area contributed by atoms with Crippen LogP contribution in [0, 0.1) is 40.9 Å². The fourth-order valence-corrected chi connectivity index (χ4v) is 4.90. The zero-order valence-corrected chi connectivity index (χ0v) is 27.7. The summed E-state index contributed by atoms with van der Waals surface area (Å²) < 4.78 is 0. The molecule has 1 saturated heterocycles. The second-order valence-electron chi connectivity index (χ2n) is 13.4. The van der Waals surface area contributed by atoms with Gasteiger partial charge < -0.3 is 15.1 Å². The van der Waals surface area contributed by atoms with E-state index in [-0.39, 0.29) is 26.2 Å². The third-order valence-corrected chi connectivity index (χ3v) is 7.18. The molecule has 1 aliphatic heterocycles. The van der Waals surface area contributed by atoms with Crippen LogP contribution >= 0.6 is 0 Å². The molecule has 1 aliphatic rings. The van der Waals surface area contributed by atoms with Gasteiger partial charge in [0.25, 0.3) is 0 Å². The van der Waals surface area contributed by atoms with Crippen LogP contribution in [-0.4, -0.2) is 47.3 Å². The van der Waals surface area contributed by atoms with E-state index >= 15 is 0 Å². The Labute approximate surface area is 249 Å². The molecule has 4 heteroatoms. The molecule has 0 spiro atoms. The van der Waals surface area contributed by atoms with Gasteiger partial charge in [0, 0.05) is 33.2 Å². The molecule has 1 amide bonds. The number of nitrogens with zero attached hydrogens (tertiary/aromatic N) is 1. The van der Waals surface area contributed by atoms with E-state index in [9.17, 15) is 4.79 Å². The second-order valence-corrected chi connectivity index (χ2v) is 13.4. The van der Waals surface area contributed by atoms with Crippen molar-refractivity contribution in [1.29, 1.82) is 0 Å². The fraction of sp³-hybridized carbons (Fsp3) is 0.971. The normalized spacial score (nSPS) is 16.6. The number of rotatable bonds is 12. The molecule has 0 aromatic carbocycles. The lowest BCUT2D eigenvalue weighted by Gasteiger charge is -2.27. The van der Waals surface area contributed by atoms with Gasteiger partial charge in [-0.05, 0) is 73.0 Å². The number of hydrogen-bond acceptors (Lipinski definition) is 3. The molecule has 4 nitrogen and oxygen atoms in total. The monoisotopic (exact) mass is 562 g/mol. The van der Waals surface area contributed by atoms with Crippen LogP contribution in [0.25, 0.3) is 0 Å². The molecule has 3 atom stereocenters. The van der Waals surface area contributed by atoms with E-state index in [1.807, 2.05) is 4.90 Å². The summed E-state index contributed by atoms with van der Waals surface area (Å²) in [6.45, 7) is 30.7. The largest absolute Gasteiger partial charge is 0.396 e. The number of aliphatic hydroxyl groups is 2. The van der Waals surface area contributed by atoms with E-state index in [0.717, 1.165) is 62.4 Å². The number of likely N-dealkylation sites (tertiary alicyclic amines) is 1. The number of aliphatic hydroxyl groups excluding tert-OH is 2. The molecule has 1 fully saturated rings. The molecule has 39 heavy (non-hydrogen) atoms. The Balaban J connectivity index is -0.000000133. The molecule has 0 aromatic heterocycles.